The topological polar surface area (TPSA) is 84.2 Å². The summed E-state index contributed by atoms with van der Waals surface area (Å²) in [5.74, 6) is 3.45. The highest BCUT2D eigenvalue weighted by atomic mass is 16.2. The van der Waals surface area contributed by atoms with Crippen molar-refractivity contribution in [3.05, 3.63) is 0 Å². The Morgan fingerprint density at radius 1 is 0.686 bits per heavy atom. The van der Waals surface area contributed by atoms with Crippen LogP contribution in [0.5, 0.6) is 0 Å². The van der Waals surface area contributed by atoms with Crippen molar-refractivity contribution in [3.8, 4) is 0 Å². The molecule has 5 heteroatoms. The van der Waals surface area contributed by atoms with Crippen LogP contribution in [0.2, 0.25) is 0 Å². The molecule has 0 aliphatic heterocycles. The molecule has 4 N–H and O–H groups in total. The van der Waals surface area contributed by atoms with Crippen LogP contribution in [0.1, 0.15) is 121 Å². The first-order valence-corrected chi connectivity index (χ1v) is 14.4. The summed E-state index contributed by atoms with van der Waals surface area (Å²) < 4.78 is 0. The van der Waals surface area contributed by atoms with Crippen LogP contribution in [0, 0.1) is 40.4 Å². The number of nitrogens with two attached hydrogens (primary N) is 1. The molecule has 2 atom stereocenters. The number of hydrogen-bond donors (Lipinski definition) is 3. The lowest BCUT2D eigenvalue weighted by atomic mass is 9.68. The Hall–Kier alpha value is -1.10. The minimum Gasteiger partial charge on any atom is -0.353 e. The maximum absolute atomic E-state index is 11.7. The summed E-state index contributed by atoms with van der Waals surface area (Å²) in [4.78, 5) is 22.9. The SMILES string of the molecule is CC(C)C(=O)NC1CCC([C@@H](C)C(C)(C)C)CC1.C[C@H](C1CCC(NC(=O)CN)CC1)C(C)(C)C. The third kappa shape index (κ3) is 11.2. The van der Waals surface area contributed by atoms with Crippen molar-refractivity contribution < 1.29 is 9.59 Å². The zero-order chi connectivity index (χ0) is 27.0. The molecule has 2 aliphatic carbocycles. The lowest BCUT2D eigenvalue weighted by Crippen LogP contribution is -2.42. The zero-order valence-corrected chi connectivity index (χ0v) is 24.8. The Morgan fingerprint density at radius 2 is 1.03 bits per heavy atom. The zero-order valence-electron chi connectivity index (χ0n) is 24.8. The molecule has 206 valence electrons. The van der Waals surface area contributed by atoms with Gasteiger partial charge in [0.15, 0.2) is 0 Å². The lowest BCUT2D eigenvalue weighted by molar-refractivity contribution is -0.125. The van der Waals surface area contributed by atoms with Crippen LogP contribution in [0.3, 0.4) is 0 Å². The van der Waals surface area contributed by atoms with Crippen LogP contribution in [0.15, 0.2) is 0 Å². The largest absolute Gasteiger partial charge is 0.353 e. The Balaban J connectivity index is 0.000000351. The van der Waals surface area contributed by atoms with Crippen molar-refractivity contribution in [1.82, 2.24) is 10.6 Å². The molecule has 0 aromatic rings. The van der Waals surface area contributed by atoms with Gasteiger partial charge < -0.3 is 16.4 Å². The molecule has 0 radical (unpaired) electrons. The number of carbonyl (C=O) groups is 2. The van der Waals surface area contributed by atoms with E-state index in [1.807, 2.05) is 13.8 Å². The van der Waals surface area contributed by atoms with E-state index in [2.05, 4.69) is 66.0 Å². The molecular weight excluding hydrogens is 434 g/mol. The van der Waals surface area contributed by atoms with E-state index >= 15 is 0 Å². The molecule has 2 aliphatic rings. The fourth-order valence-electron chi connectivity index (χ4n) is 5.60. The predicted octanol–water partition coefficient (Wildman–Crippen LogP) is 6.30. The van der Waals surface area contributed by atoms with E-state index in [1.54, 1.807) is 0 Å². The molecule has 0 spiro atoms. The normalized spacial score (nSPS) is 27.3. The van der Waals surface area contributed by atoms with Crippen molar-refractivity contribution >= 4 is 11.8 Å². The summed E-state index contributed by atoms with van der Waals surface area (Å²) in [6, 6.07) is 0.776. The van der Waals surface area contributed by atoms with Gasteiger partial charge in [0.2, 0.25) is 11.8 Å². The minimum atomic E-state index is -0.0164. The number of amides is 2. The third-order valence-corrected chi connectivity index (χ3v) is 9.11. The second-order valence-corrected chi connectivity index (χ2v) is 14.0. The van der Waals surface area contributed by atoms with Gasteiger partial charge >= 0.3 is 0 Å². The molecule has 2 rings (SSSR count). The van der Waals surface area contributed by atoms with Gasteiger partial charge in [-0.2, -0.15) is 0 Å². The summed E-state index contributed by atoms with van der Waals surface area (Å²) in [7, 11) is 0. The molecule has 2 fully saturated rings. The summed E-state index contributed by atoms with van der Waals surface area (Å²) in [6.45, 7) is 22.8. The fraction of sp³-hybridized carbons (Fsp3) is 0.933. The van der Waals surface area contributed by atoms with Crippen molar-refractivity contribution in [2.75, 3.05) is 6.54 Å². The van der Waals surface area contributed by atoms with Gasteiger partial charge in [-0.25, -0.2) is 0 Å². The van der Waals surface area contributed by atoms with Gasteiger partial charge in [0, 0.05) is 18.0 Å². The summed E-state index contributed by atoms with van der Waals surface area (Å²) in [6.07, 6.45) is 9.52. The van der Waals surface area contributed by atoms with Crippen LogP contribution in [-0.2, 0) is 9.59 Å². The van der Waals surface area contributed by atoms with E-state index < -0.39 is 0 Å². The van der Waals surface area contributed by atoms with E-state index in [4.69, 9.17) is 5.73 Å². The molecule has 5 nitrogen and oxygen atoms in total. The van der Waals surface area contributed by atoms with Crippen molar-refractivity contribution in [3.63, 3.8) is 0 Å². The van der Waals surface area contributed by atoms with Crippen LogP contribution < -0.4 is 16.4 Å². The Labute approximate surface area is 217 Å². The van der Waals surface area contributed by atoms with Gasteiger partial charge in [-0.05, 0) is 85.9 Å². The van der Waals surface area contributed by atoms with Crippen LogP contribution >= 0.6 is 0 Å². The average molecular weight is 494 g/mol. The first-order chi connectivity index (χ1) is 16.1. The number of hydrogen-bond acceptors (Lipinski definition) is 3. The second-order valence-electron chi connectivity index (χ2n) is 14.0. The highest BCUT2D eigenvalue weighted by Crippen LogP contribution is 2.40. The van der Waals surface area contributed by atoms with Gasteiger partial charge in [-0.15, -0.1) is 0 Å². The predicted molar refractivity (Wildman–Crippen MR) is 149 cm³/mol. The van der Waals surface area contributed by atoms with Gasteiger partial charge in [-0.3, -0.25) is 9.59 Å². The van der Waals surface area contributed by atoms with Gasteiger partial charge in [-0.1, -0.05) is 69.2 Å². The molecule has 0 heterocycles. The Kier molecular flexibility index (Phi) is 12.8. The Morgan fingerprint density at radius 3 is 1.31 bits per heavy atom. The summed E-state index contributed by atoms with van der Waals surface area (Å²) in [5.41, 5.74) is 6.10. The quantitative estimate of drug-likeness (QED) is 0.406. The van der Waals surface area contributed by atoms with E-state index in [9.17, 15) is 9.59 Å². The first kappa shape index (κ1) is 31.9. The number of nitrogens with one attached hydrogen (secondary N) is 2. The van der Waals surface area contributed by atoms with Crippen LogP contribution in [-0.4, -0.2) is 30.4 Å². The molecular formula is C30H59N3O2. The molecule has 0 saturated heterocycles. The molecule has 35 heavy (non-hydrogen) atoms. The average Bonchev–Trinajstić information content (AvgIpc) is 2.78. The van der Waals surface area contributed by atoms with Crippen LogP contribution in [0.4, 0.5) is 0 Å². The minimum absolute atomic E-state index is 0.0164. The monoisotopic (exact) mass is 493 g/mol. The summed E-state index contributed by atoms with van der Waals surface area (Å²) >= 11 is 0. The van der Waals surface area contributed by atoms with Crippen molar-refractivity contribution in [1.29, 1.82) is 0 Å². The van der Waals surface area contributed by atoms with E-state index in [0.717, 1.165) is 49.4 Å². The van der Waals surface area contributed by atoms with Gasteiger partial charge in [0.25, 0.3) is 0 Å². The molecule has 0 aromatic carbocycles. The highest BCUT2D eigenvalue weighted by molar-refractivity contribution is 5.78. The standard InChI is InChI=1S/C16H31NO.C14H28N2O/c1-11(2)15(18)17-14-9-7-13(8-10-14)12(3)16(4,5)6;1-10(14(2,3)4)11-5-7-12(8-6-11)16-13(17)9-15/h11-14H,7-10H2,1-6H3,(H,17,18);10-12H,5-9,15H2,1-4H3,(H,16,17)/t12-,13?,14?;10-,11?,12?/m11/s1. The smallest absolute Gasteiger partial charge is 0.233 e. The third-order valence-electron chi connectivity index (χ3n) is 9.11. The molecule has 0 aromatic heterocycles. The Bertz CT molecular complexity index is 631. The molecule has 2 amide bonds. The second kappa shape index (κ2) is 14.0. The summed E-state index contributed by atoms with van der Waals surface area (Å²) in [5, 5.41) is 6.18. The van der Waals surface area contributed by atoms with Gasteiger partial charge in [0.1, 0.15) is 0 Å². The maximum atomic E-state index is 11.7. The maximum Gasteiger partial charge on any atom is 0.233 e. The lowest BCUT2D eigenvalue weighted by Gasteiger charge is -2.39. The molecule has 0 bridgehead atoms. The molecule has 2 saturated carbocycles. The van der Waals surface area contributed by atoms with E-state index in [1.165, 1.54) is 25.7 Å². The van der Waals surface area contributed by atoms with Gasteiger partial charge in [0.05, 0.1) is 6.54 Å². The highest BCUT2D eigenvalue weighted by Gasteiger charge is 2.33. The number of rotatable bonds is 6. The van der Waals surface area contributed by atoms with E-state index in [-0.39, 0.29) is 24.3 Å². The van der Waals surface area contributed by atoms with Crippen molar-refractivity contribution in [2.45, 2.75) is 133 Å². The fourth-order valence-corrected chi connectivity index (χ4v) is 5.60. The number of carbonyl (C=O) groups excluding carboxylic acids is 2. The van der Waals surface area contributed by atoms with Crippen LogP contribution in [0.25, 0.3) is 0 Å². The first-order valence-electron chi connectivity index (χ1n) is 14.4. The van der Waals surface area contributed by atoms with Crippen molar-refractivity contribution in [2.24, 2.45) is 46.2 Å². The van der Waals surface area contributed by atoms with E-state index in [0.29, 0.717) is 22.9 Å². The molecule has 0 unspecified atom stereocenters.